The van der Waals surface area contributed by atoms with Crippen LogP contribution in [0.5, 0.6) is 0 Å². The zero-order chi connectivity index (χ0) is 10.3. The van der Waals surface area contributed by atoms with Crippen LogP contribution < -0.4 is 0 Å². The molecule has 1 aromatic rings. The predicted octanol–water partition coefficient (Wildman–Crippen LogP) is 1.71. The molecule has 80 valence electrons. The quantitative estimate of drug-likeness (QED) is 0.700. The fourth-order valence-electron chi connectivity index (χ4n) is 2.61. The maximum atomic E-state index is 10.8. The molecular weight excluding hydrogens is 188 g/mol. The lowest BCUT2D eigenvalue weighted by Crippen LogP contribution is -2.23. The van der Waals surface area contributed by atoms with Gasteiger partial charge in [0.2, 0.25) is 0 Å². The van der Waals surface area contributed by atoms with Crippen molar-refractivity contribution < 1.29 is 4.79 Å². The smallest absolute Gasteiger partial charge is 0.166 e. The van der Waals surface area contributed by atoms with Crippen molar-refractivity contribution in [2.24, 2.45) is 0 Å². The van der Waals surface area contributed by atoms with Crippen LogP contribution in [0.2, 0.25) is 0 Å². The lowest BCUT2D eigenvalue weighted by Gasteiger charge is -2.16. The number of nitrogens with zero attached hydrogens (tertiary/aromatic N) is 2. The summed E-state index contributed by atoms with van der Waals surface area (Å²) < 4.78 is 2.13. The molecule has 1 aliphatic heterocycles. The Hall–Kier alpha value is -1.09. The Morgan fingerprint density at radius 2 is 2.13 bits per heavy atom. The fraction of sp³-hybridized carbons (Fsp3) is 0.583. The van der Waals surface area contributed by atoms with E-state index in [1.54, 1.807) is 0 Å². The lowest BCUT2D eigenvalue weighted by molar-refractivity contribution is 0.111. The van der Waals surface area contributed by atoms with E-state index < -0.39 is 0 Å². The molecule has 1 atom stereocenters. The summed E-state index contributed by atoms with van der Waals surface area (Å²) in [6, 6.07) is 5.22. The van der Waals surface area contributed by atoms with Crippen LogP contribution in [0.4, 0.5) is 0 Å². The molecule has 3 nitrogen and oxygen atoms in total. The van der Waals surface area contributed by atoms with E-state index in [1.165, 1.54) is 25.8 Å². The topological polar surface area (TPSA) is 25.2 Å². The van der Waals surface area contributed by atoms with Crippen LogP contribution in [-0.2, 0) is 0 Å². The number of rotatable bonds is 3. The third kappa shape index (κ3) is 1.61. The van der Waals surface area contributed by atoms with Gasteiger partial charge in [-0.2, -0.15) is 0 Å². The molecule has 2 aliphatic rings. The van der Waals surface area contributed by atoms with Crippen LogP contribution in [0.15, 0.2) is 18.3 Å². The first kappa shape index (κ1) is 9.16. The van der Waals surface area contributed by atoms with Crippen molar-refractivity contribution in [2.45, 2.75) is 31.3 Å². The number of carbonyl (C=O) groups excluding carboxylic acids is 1. The zero-order valence-electron chi connectivity index (χ0n) is 8.80. The average Bonchev–Trinajstić information content (AvgIpc) is 2.83. The molecule has 0 aromatic carbocycles. The van der Waals surface area contributed by atoms with Crippen molar-refractivity contribution in [3.8, 4) is 0 Å². The number of hydrogen-bond donors (Lipinski definition) is 0. The van der Waals surface area contributed by atoms with Crippen LogP contribution in [0.1, 0.15) is 35.8 Å². The summed E-state index contributed by atoms with van der Waals surface area (Å²) in [5.41, 5.74) is 0.817. The van der Waals surface area contributed by atoms with E-state index in [4.69, 9.17) is 0 Å². The highest BCUT2D eigenvalue weighted by molar-refractivity contribution is 5.72. The Morgan fingerprint density at radius 1 is 1.27 bits per heavy atom. The summed E-state index contributed by atoms with van der Waals surface area (Å²) >= 11 is 0. The van der Waals surface area contributed by atoms with Crippen molar-refractivity contribution in [1.29, 1.82) is 0 Å². The lowest BCUT2D eigenvalue weighted by atomic mass is 10.2. The maximum Gasteiger partial charge on any atom is 0.166 e. The molecule has 2 heterocycles. The van der Waals surface area contributed by atoms with Gasteiger partial charge in [-0.25, -0.2) is 0 Å². The molecule has 2 fully saturated rings. The van der Waals surface area contributed by atoms with E-state index in [0.717, 1.165) is 24.6 Å². The molecule has 15 heavy (non-hydrogen) atoms. The molecular formula is C12H16N2O. The Bertz CT molecular complexity index is 367. The molecule has 1 unspecified atom stereocenters. The van der Waals surface area contributed by atoms with Gasteiger partial charge in [0.1, 0.15) is 0 Å². The van der Waals surface area contributed by atoms with Gasteiger partial charge in [0.05, 0.1) is 5.69 Å². The van der Waals surface area contributed by atoms with Gasteiger partial charge in [0.25, 0.3) is 0 Å². The van der Waals surface area contributed by atoms with Gasteiger partial charge in [0.15, 0.2) is 6.29 Å². The summed E-state index contributed by atoms with van der Waals surface area (Å²) in [6.45, 7) is 2.33. The summed E-state index contributed by atoms with van der Waals surface area (Å²) in [4.78, 5) is 13.4. The Balaban J connectivity index is 1.75. The molecule has 0 bridgehead atoms. The van der Waals surface area contributed by atoms with E-state index in [1.807, 2.05) is 18.3 Å². The molecule has 0 spiro atoms. The van der Waals surface area contributed by atoms with Crippen LogP contribution in [0, 0.1) is 0 Å². The number of hydrogen-bond acceptors (Lipinski definition) is 2. The van der Waals surface area contributed by atoms with Crippen molar-refractivity contribution in [3.63, 3.8) is 0 Å². The Labute approximate surface area is 89.7 Å². The number of aldehydes is 1. The van der Waals surface area contributed by atoms with Gasteiger partial charge >= 0.3 is 0 Å². The second-order valence-electron chi connectivity index (χ2n) is 4.63. The van der Waals surface area contributed by atoms with Gasteiger partial charge < -0.3 is 4.57 Å². The van der Waals surface area contributed by atoms with Gasteiger partial charge in [-0.15, -0.1) is 0 Å². The number of carbonyl (C=O) groups is 1. The Morgan fingerprint density at radius 3 is 2.87 bits per heavy atom. The van der Waals surface area contributed by atoms with E-state index in [0.29, 0.717) is 6.04 Å². The SMILES string of the molecule is O=Cc1cccn1C1CCN(C2CC2)C1. The minimum atomic E-state index is 0.515. The summed E-state index contributed by atoms with van der Waals surface area (Å²) in [7, 11) is 0. The second-order valence-corrected chi connectivity index (χ2v) is 4.63. The molecule has 3 rings (SSSR count). The van der Waals surface area contributed by atoms with Crippen LogP contribution in [0.3, 0.4) is 0 Å². The summed E-state index contributed by atoms with van der Waals surface area (Å²) in [6.07, 6.45) is 6.93. The molecule has 1 aromatic heterocycles. The molecule has 3 heteroatoms. The van der Waals surface area contributed by atoms with Gasteiger partial charge in [-0.05, 0) is 31.4 Å². The molecule has 1 saturated heterocycles. The normalized spacial score (nSPS) is 27.1. The Kier molecular flexibility index (Phi) is 2.13. The minimum Gasteiger partial charge on any atom is -0.341 e. The molecule has 0 N–H and O–H groups in total. The summed E-state index contributed by atoms with van der Waals surface area (Å²) in [5.74, 6) is 0. The number of aromatic nitrogens is 1. The zero-order valence-corrected chi connectivity index (χ0v) is 8.80. The average molecular weight is 204 g/mol. The van der Waals surface area contributed by atoms with E-state index in [9.17, 15) is 4.79 Å². The van der Waals surface area contributed by atoms with Crippen molar-refractivity contribution in [3.05, 3.63) is 24.0 Å². The molecule has 1 aliphatic carbocycles. The van der Waals surface area contributed by atoms with Gasteiger partial charge in [-0.3, -0.25) is 9.69 Å². The first-order chi connectivity index (χ1) is 7.38. The predicted molar refractivity (Wildman–Crippen MR) is 58.1 cm³/mol. The minimum absolute atomic E-state index is 0.515. The molecule has 0 amide bonds. The summed E-state index contributed by atoms with van der Waals surface area (Å²) in [5, 5.41) is 0. The molecule has 1 saturated carbocycles. The maximum absolute atomic E-state index is 10.8. The molecule has 0 radical (unpaired) electrons. The highest BCUT2D eigenvalue weighted by Crippen LogP contribution is 2.33. The van der Waals surface area contributed by atoms with Crippen LogP contribution in [0.25, 0.3) is 0 Å². The van der Waals surface area contributed by atoms with E-state index >= 15 is 0 Å². The van der Waals surface area contributed by atoms with Crippen LogP contribution >= 0.6 is 0 Å². The van der Waals surface area contributed by atoms with Crippen molar-refractivity contribution in [1.82, 2.24) is 9.47 Å². The van der Waals surface area contributed by atoms with Crippen molar-refractivity contribution >= 4 is 6.29 Å². The van der Waals surface area contributed by atoms with E-state index in [-0.39, 0.29) is 0 Å². The largest absolute Gasteiger partial charge is 0.341 e. The van der Waals surface area contributed by atoms with Gasteiger partial charge in [-0.1, -0.05) is 0 Å². The highest BCUT2D eigenvalue weighted by Gasteiger charge is 2.35. The standard InChI is InChI=1S/C12H16N2O/c15-9-12-2-1-6-14(12)11-5-7-13(8-11)10-3-4-10/h1-2,6,9-11H,3-5,7-8H2. The monoisotopic (exact) mass is 204 g/mol. The fourth-order valence-corrected chi connectivity index (χ4v) is 2.61. The third-order valence-electron chi connectivity index (χ3n) is 3.58. The second kappa shape index (κ2) is 3.49. The highest BCUT2D eigenvalue weighted by atomic mass is 16.1. The van der Waals surface area contributed by atoms with Gasteiger partial charge in [0, 0.05) is 31.4 Å². The van der Waals surface area contributed by atoms with Crippen LogP contribution in [-0.4, -0.2) is 34.9 Å². The first-order valence-corrected chi connectivity index (χ1v) is 5.74. The third-order valence-corrected chi connectivity index (χ3v) is 3.58. The first-order valence-electron chi connectivity index (χ1n) is 5.74. The van der Waals surface area contributed by atoms with E-state index in [2.05, 4.69) is 9.47 Å². The van der Waals surface area contributed by atoms with Crippen molar-refractivity contribution in [2.75, 3.05) is 13.1 Å². The number of likely N-dealkylation sites (tertiary alicyclic amines) is 1.